The minimum atomic E-state index is -1.65. The summed E-state index contributed by atoms with van der Waals surface area (Å²) in [6, 6.07) is 60.9. The maximum absolute atomic E-state index is 11.4. The van der Waals surface area contributed by atoms with Crippen molar-refractivity contribution < 1.29 is 131 Å². The zero-order chi connectivity index (χ0) is 78.5. The van der Waals surface area contributed by atoms with Crippen LogP contribution in [0.2, 0.25) is 0 Å². The highest BCUT2D eigenvalue weighted by molar-refractivity contribution is 8.01. The van der Waals surface area contributed by atoms with E-state index in [1.165, 1.54) is 17.8 Å². The lowest BCUT2D eigenvalue weighted by molar-refractivity contribution is -0.320. The van der Waals surface area contributed by atoms with Crippen LogP contribution < -0.4 is 83.5 Å². The van der Waals surface area contributed by atoms with Crippen LogP contribution in [0, 0.1) is 0 Å². The molecule has 8 aliphatic rings. The molecule has 0 saturated carbocycles. The van der Waals surface area contributed by atoms with E-state index in [4.69, 9.17) is 42.6 Å². The van der Waals surface area contributed by atoms with Gasteiger partial charge in [0.15, 0.2) is 40.6 Å². The number of carboxylic acid groups (broad SMARTS) is 8. The predicted octanol–water partition coefficient (Wildman–Crippen LogP) is 1.42. The van der Waals surface area contributed by atoms with Gasteiger partial charge in [-0.25, -0.2) is 4.21 Å². The Morgan fingerprint density at radius 2 is 0.954 bits per heavy atom. The molecule has 0 radical (unpaired) electrons. The molecule has 109 heavy (non-hydrogen) atoms. The first kappa shape index (κ1) is 79.3. The van der Waals surface area contributed by atoms with Gasteiger partial charge in [-0.1, -0.05) is 159 Å². The van der Waals surface area contributed by atoms with Gasteiger partial charge in [0.1, 0.15) is 63.5 Å². The molecule has 0 bridgehead atoms. The lowest BCUT2D eigenvalue weighted by Gasteiger charge is -2.40. The molecule has 9 aromatic carbocycles. The van der Waals surface area contributed by atoms with Gasteiger partial charge in [0.25, 0.3) is 0 Å². The Kier molecular flexibility index (Phi) is 25.4. The molecule has 27 nitrogen and oxygen atoms in total. The Balaban J connectivity index is 0.000000133. The fraction of sp³-hybridized carbons (Fsp3) is 0.228. The summed E-state index contributed by atoms with van der Waals surface area (Å²) < 4.78 is 58.3. The van der Waals surface area contributed by atoms with Gasteiger partial charge in [-0.05, 0) is 116 Å². The van der Waals surface area contributed by atoms with Crippen LogP contribution in [0.15, 0.2) is 221 Å². The summed E-state index contributed by atoms with van der Waals surface area (Å²) in [5.41, 5.74) is 0.135. The summed E-state index contributed by atoms with van der Waals surface area (Å²) in [5.74, 6) is -5.90. The molecule has 0 aliphatic carbocycles. The molecule has 9 aromatic rings. The molecule has 0 aromatic heterocycles. The highest BCUT2D eigenvalue weighted by Crippen LogP contribution is 2.46. The van der Waals surface area contributed by atoms with Gasteiger partial charge in [-0.2, -0.15) is 0 Å². The number of carbonyl (C=O) groups excluding carboxylic acids is 9. The quantitative estimate of drug-likeness (QED) is 0.194. The second-order valence-electron chi connectivity index (χ2n) is 24.9. The monoisotopic (exact) mass is 1540 g/mol. The van der Waals surface area contributed by atoms with E-state index in [0.29, 0.717) is 68.6 Å². The van der Waals surface area contributed by atoms with Crippen LogP contribution in [-0.2, 0) is 55.6 Å². The van der Waals surface area contributed by atoms with Gasteiger partial charge in [0.2, 0.25) is 17.3 Å². The molecule has 12 atom stereocenters. The molecular formula is C79H62O27S3-8. The van der Waals surface area contributed by atoms with E-state index in [2.05, 4.69) is 0 Å². The molecule has 0 saturated heterocycles. The van der Waals surface area contributed by atoms with Crippen molar-refractivity contribution in [3.05, 3.63) is 229 Å². The number of carbonyl (C=O) groups is 9. The van der Waals surface area contributed by atoms with Crippen LogP contribution in [-0.4, -0.2) is 116 Å². The molecule has 8 aliphatic heterocycles. The minimum absolute atomic E-state index is 0.0613. The van der Waals surface area contributed by atoms with E-state index in [-0.39, 0.29) is 11.8 Å². The van der Waals surface area contributed by atoms with Gasteiger partial charge in [-0.3, -0.25) is 4.79 Å². The number of rotatable bonds is 8. The molecule has 0 fully saturated rings. The standard InChI is InChI=1S/C13H10O3.C11H12O4.C10H10O4.C10H10O3.C10H10O2S.C9H6O4.C8H6O4S.C8H6O3S/c14-13(15)11-7-9-6-5-8-3-1-2-4-10(8)12(9)16-11;1-11(2)9(10(12)13)14-7-5-3-4-6-8(7)15-11;1-6-9(10(11)12)14-8-5-3-2-4-7(8)13-6;2*1-6-7-4-2-3-5-8(7)13-9(6)10(11)12;10-7-5-3-1-2-4-6(5)13-8(7)9(11)12;9-7(10)8-12-5-3-1-2-4-6(5)13(8)11;9-7(10)8-11-5-3-1-2-4-6(5)12-8/h1-6,11H,7H2,(H,14,15);3-6,9H,1-2H3,(H,12,13);2-6,9H,1H3,(H,11,12);2*2-6,9H,1H3,(H,11,12);1-4,8H,(H,11,12);1-4,8H,(H,9,10);1-4,8H,(H,9,10)/p-8. The Morgan fingerprint density at radius 1 is 0.422 bits per heavy atom. The Labute approximate surface area is 632 Å². The number of ether oxygens (including phenoxy) is 9. The van der Waals surface area contributed by atoms with Crippen molar-refractivity contribution in [3.8, 4) is 51.7 Å². The topological polar surface area (TPSA) is 438 Å². The molecule has 0 spiro atoms. The van der Waals surface area contributed by atoms with E-state index < -0.39 is 123 Å². The fourth-order valence-electron chi connectivity index (χ4n) is 11.7. The largest absolute Gasteiger partial charge is 0.549 e. The van der Waals surface area contributed by atoms with Crippen LogP contribution in [0.5, 0.6) is 51.7 Å². The number of hydrogen-bond acceptors (Lipinski definition) is 29. The average Bonchev–Trinajstić information content (AvgIpc) is 1.75. The summed E-state index contributed by atoms with van der Waals surface area (Å²) in [7, 11) is -1.65. The molecule has 12 unspecified atom stereocenters. The number of aliphatic carboxylic acids is 8. The zero-order valence-electron chi connectivity index (χ0n) is 57.9. The Morgan fingerprint density at radius 3 is 1.52 bits per heavy atom. The van der Waals surface area contributed by atoms with E-state index >= 15 is 0 Å². The molecule has 0 amide bonds. The minimum Gasteiger partial charge on any atom is -0.549 e. The van der Waals surface area contributed by atoms with Gasteiger partial charge in [0, 0.05) is 28.2 Å². The summed E-state index contributed by atoms with van der Waals surface area (Å²) in [5, 5.41) is 86.6. The Bertz CT molecular complexity index is 4780. The van der Waals surface area contributed by atoms with Gasteiger partial charge in [-0.15, -0.1) is 11.8 Å². The van der Waals surface area contributed by atoms with Crippen LogP contribution in [0.1, 0.15) is 73.5 Å². The molecule has 17 rings (SSSR count). The first-order chi connectivity index (χ1) is 52.0. The highest BCUT2D eigenvalue weighted by atomic mass is 32.2. The van der Waals surface area contributed by atoms with Crippen molar-refractivity contribution in [2.75, 3.05) is 0 Å². The SMILES string of the molecule is CC1(C)Oc2ccccc2OC1C(=O)[O-].CC1Oc2ccccc2OC1C(=O)[O-].CC1c2ccccc2OC1C(=O)[O-].CC1c2ccccc2SC1C(=O)[O-].O=C([O-])C1Cc2ccc3ccccc3c2O1.O=C([O-])C1Oc2ccccc2C1=O.O=C([O-])C1Oc2ccccc2S1.O=C([O-])C1Oc2ccccc2S1=O. The predicted molar refractivity (Wildman–Crippen MR) is 372 cm³/mol. The third kappa shape index (κ3) is 18.8. The third-order valence-corrected chi connectivity index (χ3v) is 21.0. The summed E-state index contributed by atoms with van der Waals surface area (Å²) >= 11 is 2.55. The number of Topliss-reactive ketones (excluding diaryl/α,β-unsaturated/α-hetero) is 1. The van der Waals surface area contributed by atoms with Gasteiger partial charge >= 0.3 is 0 Å². The molecule has 8 heterocycles. The second-order valence-corrected chi connectivity index (χ2v) is 28.6. The summed E-state index contributed by atoms with van der Waals surface area (Å²) in [6.07, 6.45) is -5.43. The Hall–Kier alpha value is -12.3. The number of thioether (sulfide) groups is 2. The van der Waals surface area contributed by atoms with E-state index in [1.54, 1.807) is 130 Å². The van der Waals surface area contributed by atoms with Crippen LogP contribution >= 0.6 is 23.5 Å². The number of benzene rings is 9. The first-order valence-corrected chi connectivity index (χ1v) is 36.1. The molecule has 30 heteroatoms. The van der Waals surface area contributed by atoms with E-state index in [1.807, 2.05) is 105 Å². The van der Waals surface area contributed by atoms with Crippen molar-refractivity contribution in [2.45, 2.75) is 126 Å². The maximum Gasteiger partial charge on any atom is 0.216 e. The summed E-state index contributed by atoms with van der Waals surface area (Å²) in [4.78, 5) is 98.6. The second kappa shape index (κ2) is 35.0. The van der Waals surface area contributed by atoms with Gasteiger partial charge in [0.05, 0.1) is 68.4 Å². The van der Waals surface area contributed by atoms with Crippen LogP contribution in [0.4, 0.5) is 0 Å². The van der Waals surface area contributed by atoms with Crippen LogP contribution in [0.3, 0.4) is 0 Å². The normalized spacial score (nSPS) is 22.3. The summed E-state index contributed by atoms with van der Waals surface area (Å²) in [6.45, 7) is 8.70. The number of hydrogen-bond donors (Lipinski definition) is 0. The highest BCUT2D eigenvalue weighted by Gasteiger charge is 2.40. The van der Waals surface area contributed by atoms with Crippen LogP contribution in [0.25, 0.3) is 10.8 Å². The van der Waals surface area contributed by atoms with E-state index in [0.717, 1.165) is 49.0 Å². The fourth-order valence-corrected chi connectivity index (χ4v) is 14.9. The maximum atomic E-state index is 11.4. The van der Waals surface area contributed by atoms with Crippen molar-refractivity contribution in [1.82, 2.24) is 0 Å². The lowest BCUT2D eigenvalue weighted by atomic mass is 9.98. The average molecular weight is 1540 g/mol. The van der Waals surface area contributed by atoms with Gasteiger partial charge < -0.3 is 122 Å². The lowest BCUT2D eigenvalue weighted by Crippen LogP contribution is -2.57. The molecule has 566 valence electrons. The van der Waals surface area contributed by atoms with Crippen molar-refractivity contribution in [1.29, 1.82) is 0 Å². The van der Waals surface area contributed by atoms with Crippen molar-refractivity contribution >= 4 is 98.6 Å². The first-order valence-electron chi connectivity index (χ1n) is 33.1. The van der Waals surface area contributed by atoms with Crippen molar-refractivity contribution in [3.63, 3.8) is 0 Å². The number of fused-ring (bicyclic) bond motifs is 10. The number of para-hydroxylation sites is 8. The zero-order valence-corrected chi connectivity index (χ0v) is 60.4. The molecular weight excluding hydrogens is 1480 g/mol. The van der Waals surface area contributed by atoms with Crippen molar-refractivity contribution in [2.24, 2.45) is 0 Å². The number of carboxylic acids is 8. The molecule has 0 N–H and O–H groups in total. The third-order valence-electron chi connectivity index (χ3n) is 17.0. The number of ketones is 1. The van der Waals surface area contributed by atoms with E-state index in [9.17, 15) is 88.2 Å². The smallest absolute Gasteiger partial charge is 0.216 e.